The molecule has 0 bridgehead atoms. The Morgan fingerprint density at radius 2 is 1.91 bits per heavy atom. The molecule has 2 aromatic heterocycles. The van der Waals surface area contributed by atoms with E-state index in [4.69, 9.17) is 23.2 Å². The summed E-state index contributed by atoms with van der Waals surface area (Å²) in [5.74, 6) is 0.348. The van der Waals surface area contributed by atoms with E-state index in [2.05, 4.69) is 25.3 Å². The number of aromatic nitrogens is 4. The molecule has 11 heteroatoms. The highest BCUT2D eigenvalue weighted by molar-refractivity contribution is 6.34. The number of aliphatic hydroxyl groups is 3. The van der Waals surface area contributed by atoms with Gasteiger partial charge in [-0.05, 0) is 45.7 Å². The first-order valence-electron chi connectivity index (χ1n) is 11.2. The van der Waals surface area contributed by atoms with E-state index >= 15 is 0 Å². The van der Waals surface area contributed by atoms with Gasteiger partial charge in [-0.1, -0.05) is 23.2 Å². The van der Waals surface area contributed by atoms with Gasteiger partial charge in [-0.2, -0.15) is 5.10 Å². The minimum absolute atomic E-state index is 0.146. The van der Waals surface area contributed by atoms with Crippen molar-refractivity contribution in [2.75, 3.05) is 23.3 Å². The fourth-order valence-corrected chi connectivity index (χ4v) is 4.62. The van der Waals surface area contributed by atoms with Gasteiger partial charge >= 0.3 is 0 Å². The van der Waals surface area contributed by atoms with Crippen LogP contribution in [0.4, 0.5) is 17.3 Å². The van der Waals surface area contributed by atoms with Crippen LogP contribution < -0.4 is 10.2 Å². The molecule has 1 saturated heterocycles. The van der Waals surface area contributed by atoms with E-state index in [1.165, 1.54) is 4.68 Å². The second-order valence-corrected chi connectivity index (χ2v) is 10.6. The van der Waals surface area contributed by atoms with E-state index in [0.29, 0.717) is 47.7 Å². The minimum Gasteiger partial charge on any atom is -0.391 e. The van der Waals surface area contributed by atoms with Crippen molar-refractivity contribution >= 4 is 51.4 Å². The third-order valence-electron chi connectivity index (χ3n) is 5.97. The maximum absolute atomic E-state index is 10.2. The molecule has 9 nitrogen and oxygen atoms in total. The monoisotopic (exact) mass is 508 g/mol. The summed E-state index contributed by atoms with van der Waals surface area (Å²) >= 11 is 13.0. The molecule has 0 radical (unpaired) electrons. The van der Waals surface area contributed by atoms with Gasteiger partial charge in [0, 0.05) is 31.1 Å². The number of halogens is 2. The van der Waals surface area contributed by atoms with E-state index < -0.39 is 17.3 Å². The second-order valence-electron chi connectivity index (χ2n) is 9.87. The SMILES string of the molecule is CC(C)(O)CC(O)Cn1ncc(Nc2ncc3cc(Cl)c(N4CCC(C)(O)CC4)cc3n2)c1Cl. The van der Waals surface area contributed by atoms with E-state index in [0.717, 1.165) is 16.6 Å². The molecule has 0 spiro atoms. The van der Waals surface area contributed by atoms with Crippen molar-refractivity contribution in [3.05, 3.63) is 34.7 Å². The maximum Gasteiger partial charge on any atom is 0.227 e. The van der Waals surface area contributed by atoms with Gasteiger partial charge in [0.05, 0.1) is 52.0 Å². The largest absolute Gasteiger partial charge is 0.391 e. The Hall–Kier alpha value is -2.17. The van der Waals surface area contributed by atoms with Gasteiger partial charge in [0.1, 0.15) is 0 Å². The van der Waals surface area contributed by atoms with Crippen LogP contribution in [0.3, 0.4) is 0 Å². The molecule has 1 aromatic carbocycles. The van der Waals surface area contributed by atoms with Gasteiger partial charge in [-0.15, -0.1) is 0 Å². The van der Waals surface area contributed by atoms with Crippen LogP contribution in [0, 0.1) is 0 Å². The van der Waals surface area contributed by atoms with Crippen LogP contribution in [0.15, 0.2) is 24.5 Å². The highest BCUT2D eigenvalue weighted by atomic mass is 35.5. The van der Waals surface area contributed by atoms with Crippen molar-refractivity contribution < 1.29 is 15.3 Å². The fraction of sp³-hybridized carbons (Fsp3) is 0.522. The molecule has 1 aliphatic heterocycles. The molecule has 1 fully saturated rings. The summed E-state index contributed by atoms with van der Waals surface area (Å²) in [4.78, 5) is 11.1. The molecular weight excluding hydrogens is 479 g/mol. The molecule has 0 saturated carbocycles. The number of aliphatic hydroxyl groups excluding tert-OH is 1. The van der Waals surface area contributed by atoms with Crippen molar-refractivity contribution in [1.82, 2.24) is 19.7 Å². The summed E-state index contributed by atoms with van der Waals surface area (Å²) in [7, 11) is 0. The number of benzene rings is 1. The molecule has 3 heterocycles. The van der Waals surface area contributed by atoms with Gasteiger partial charge in [0.15, 0.2) is 5.15 Å². The summed E-state index contributed by atoms with van der Waals surface area (Å²) in [5, 5.41) is 39.4. The lowest BCUT2D eigenvalue weighted by Crippen LogP contribution is -2.42. The smallest absolute Gasteiger partial charge is 0.227 e. The topological polar surface area (TPSA) is 120 Å². The first-order valence-corrected chi connectivity index (χ1v) is 12.0. The van der Waals surface area contributed by atoms with Crippen LogP contribution in [0.25, 0.3) is 10.9 Å². The zero-order valence-corrected chi connectivity index (χ0v) is 21.0. The highest BCUT2D eigenvalue weighted by Crippen LogP contribution is 2.34. The summed E-state index contributed by atoms with van der Waals surface area (Å²) in [6.45, 7) is 6.70. The Balaban J connectivity index is 1.52. The van der Waals surface area contributed by atoms with Crippen LogP contribution >= 0.6 is 23.2 Å². The Morgan fingerprint density at radius 3 is 2.59 bits per heavy atom. The van der Waals surface area contributed by atoms with Crippen molar-refractivity contribution in [3.8, 4) is 0 Å². The summed E-state index contributed by atoms with van der Waals surface area (Å²) < 4.78 is 1.46. The fourth-order valence-electron chi connectivity index (χ4n) is 4.11. The Morgan fingerprint density at radius 1 is 1.21 bits per heavy atom. The quantitative estimate of drug-likeness (QED) is 0.380. The first-order chi connectivity index (χ1) is 15.9. The zero-order valence-electron chi connectivity index (χ0n) is 19.5. The first kappa shape index (κ1) is 24.9. The average molecular weight is 509 g/mol. The lowest BCUT2D eigenvalue weighted by atomic mass is 9.93. The third kappa shape index (κ3) is 5.90. The number of rotatable bonds is 7. The molecule has 0 amide bonds. The zero-order chi connectivity index (χ0) is 24.7. The number of anilines is 3. The van der Waals surface area contributed by atoms with Crippen molar-refractivity contribution in [2.45, 2.75) is 63.9 Å². The molecule has 184 valence electrons. The molecule has 1 unspecified atom stereocenters. The molecular formula is C23H30Cl2N6O3. The Labute approximate surface area is 208 Å². The lowest BCUT2D eigenvalue weighted by Gasteiger charge is -2.37. The minimum atomic E-state index is -0.993. The average Bonchev–Trinajstić information content (AvgIpc) is 3.06. The lowest BCUT2D eigenvalue weighted by molar-refractivity contribution is 0.0117. The molecule has 1 atom stereocenters. The Kier molecular flexibility index (Phi) is 6.94. The van der Waals surface area contributed by atoms with Gasteiger partial charge in [0.25, 0.3) is 0 Å². The van der Waals surface area contributed by atoms with E-state index in [1.807, 2.05) is 19.1 Å². The summed E-state index contributed by atoms with van der Waals surface area (Å²) in [5.41, 5.74) is 0.461. The highest BCUT2D eigenvalue weighted by Gasteiger charge is 2.28. The number of hydrogen-bond donors (Lipinski definition) is 4. The third-order valence-corrected chi connectivity index (χ3v) is 6.67. The molecule has 4 rings (SSSR count). The molecule has 3 aromatic rings. The molecule has 34 heavy (non-hydrogen) atoms. The van der Waals surface area contributed by atoms with E-state index in [1.54, 1.807) is 26.2 Å². The molecule has 4 N–H and O–H groups in total. The van der Waals surface area contributed by atoms with Crippen molar-refractivity contribution in [3.63, 3.8) is 0 Å². The number of nitrogens with one attached hydrogen (secondary N) is 1. The van der Waals surface area contributed by atoms with Gasteiger partial charge in [-0.3, -0.25) is 0 Å². The van der Waals surface area contributed by atoms with Crippen LogP contribution in [0.2, 0.25) is 10.2 Å². The van der Waals surface area contributed by atoms with Crippen LogP contribution in [-0.2, 0) is 6.54 Å². The van der Waals surface area contributed by atoms with Gasteiger partial charge < -0.3 is 25.5 Å². The van der Waals surface area contributed by atoms with Crippen molar-refractivity contribution in [2.24, 2.45) is 0 Å². The van der Waals surface area contributed by atoms with E-state index in [-0.39, 0.29) is 13.0 Å². The second kappa shape index (κ2) is 9.47. The van der Waals surface area contributed by atoms with Gasteiger partial charge in [-0.25, -0.2) is 14.6 Å². The number of piperidine rings is 1. The maximum atomic E-state index is 10.2. The number of fused-ring (bicyclic) bond motifs is 1. The molecule has 1 aliphatic rings. The van der Waals surface area contributed by atoms with Gasteiger partial charge in [0.2, 0.25) is 5.95 Å². The Bertz CT molecular complexity index is 1170. The van der Waals surface area contributed by atoms with Crippen LogP contribution in [-0.4, -0.2) is 65.5 Å². The number of nitrogens with zero attached hydrogens (tertiary/aromatic N) is 5. The van der Waals surface area contributed by atoms with Crippen LogP contribution in [0.1, 0.15) is 40.0 Å². The number of hydrogen-bond acceptors (Lipinski definition) is 8. The summed E-state index contributed by atoms with van der Waals surface area (Å²) in [6, 6.07) is 3.78. The van der Waals surface area contributed by atoms with Crippen molar-refractivity contribution in [1.29, 1.82) is 0 Å². The normalized spacial score (nSPS) is 17.2. The van der Waals surface area contributed by atoms with E-state index in [9.17, 15) is 15.3 Å². The predicted molar refractivity (Wildman–Crippen MR) is 134 cm³/mol. The predicted octanol–water partition coefficient (Wildman–Crippen LogP) is 3.75. The molecule has 0 aliphatic carbocycles. The van der Waals surface area contributed by atoms with Crippen LogP contribution in [0.5, 0.6) is 0 Å². The summed E-state index contributed by atoms with van der Waals surface area (Å²) in [6.07, 6.45) is 3.96. The standard InChI is InChI=1S/C23H30Cl2N6O3/c1-22(2,33)10-15(32)13-31-20(25)18(12-27-31)29-21-26-11-14-8-16(24)19(9-17(14)28-21)30-6-4-23(3,34)5-7-30/h8-9,11-12,15,32-34H,4-7,10,13H2,1-3H3,(H,26,28,29).